The van der Waals surface area contributed by atoms with Gasteiger partial charge in [-0.3, -0.25) is 0 Å². The quantitative estimate of drug-likeness (QED) is 0.825. The monoisotopic (exact) mass is 267 g/mol. The summed E-state index contributed by atoms with van der Waals surface area (Å²) in [5, 5.41) is 0. The van der Waals surface area contributed by atoms with Gasteiger partial charge in [0.1, 0.15) is 0 Å². The Balaban J connectivity index is 1.86. The predicted molar refractivity (Wildman–Crippen MR) is 81.2 cm³/mol. The van der Waals surface area contributed by atoms with Crippen LogP contribution in [0.5, 0.6) is 0 Å². The van der Waals surface area contributed by atoms with Crippen LogP contribution in [0.25, 0.3) is 0 Å². The van der Waals surface area contributed by atoms with E-state index in [-0.39, 0.29) is 5.54 Å². The van der Waals surface area contributed by atoms with Crippen LogP contribution in [0.15, 0.2) is 0 Å². The molecule has 0 amide bonds. The lowest BCUT2D eigenvalue weighted by atomic mass is 9.61. The van der Waals surface area contributed by atoms with Gasteiger partial charge < -0.3 is 10.5 Å². The Morgan fingerprint density at radius 1 is 1.16 bits per heavy atom. The van der Waals surface area contributed by atoms with Crippen LogP contribution in [-0.4, -0.2) is 18.2 Å². The molecule has 1 heterocycles. The number of ether oxygens (including phenoxy) is 1. The van der Waals surface area contributed by atoms with Crippen LogP contribution in [0.1, 0.15) is 78.6 Å². The van der Waals surface area contributed by atoms with E-state index in [1.165, 1.54) is 57.8 Å². The van der Waals surface area contributed by atoms with Gasteiger partial charge in [-0.2, -0.15) is 0 Å². The SMILES string of the molecule is CC(C)(C)C1CCCCC1(N)CCCC1CCCO1. The highest BCUT2D eigenvalue weighted by atomic mass is 16.5. The van der Waals surface area contributed by atoms with Crippen molar-refractivity contribution < 1.29 is 4.74 Å². The van der Waals surface area contributed by atoms with Gasteiger partial charge in [0.05, 0.1) is 6.10 Å². The van der Waals surface area contributed by atoms with Gasteiger partial charge in [0.15, 0.2) is 0 Å². The van der Waals surface area contributed by atoms with E-state index in [2.05, 4.69) is 20.8 Å². The lowest BCUT2D eigenvalue weighted by Crippen LogP contribution is -2.53. The van der Waals surface area contributed by atoms with E-state index >= 15 is 0 Å². The Labute approximate surface area is 119 Å². The molecule has 0 aromatic carbocycles. The standard InChI is InChI=1S/C17H33NO/c1-16(2,3)15-10-4-5-11-17(15,18)12-6-8-14-9-7-13-19-14/h14-15H,4-13,18H2,1-3H3. The molecule has 0 aromatic rings. The third-order valence-corrected chi connectivity index (χ3v) is 5.32. The number of hydrogen-bond acceptors (Lipinski definition) is 2. The van der Waals surface area contributed by atoms with Gasteiger partial charge in [-0.15, -0.1) is 0 Å². The predicted octanol–water partition coefficient (Wildman–Crippen LogP) is 4.27. The zero-order valence-electron chi connectivity index (χ0n) is 13.2. The number of rotatable bonds is 4. The fraction of sp³-hybridized carbons (Fsp3) is 1.00. The van der Waals surface area contributed by atoms with Gasteiger partial charge in [0.25, 0.3) is 0 Å². The Morgan fingerprint density at radius 3 is 2.58 bits per heavy atom. The summed E-state index contributed by atoms with van der Waals surface area (Å²) in [7, 11) is 0. The third kappa shape index (κ3) is 3.95. The van der Waals surface area contributed by atoms with Gasteiger partial charge in [0, 0.05) is 12.1 Å². The summed E-state index contributed by atoms with van der Waals surface area (Å²) in [6, 6.07) is 0. The van der Waals surface area contributed by atoms with Crippen molar-refractivity contribution in [3.05, 3.63) is 0 Å². The minimum atomic E-state index is 0.0785. The normalized spacial score (nSPS) is 36.6. The van der Waals surface area contributed by atoms with E-state index in [4.69, 9.17) is 10.5 Å². The summed E-state index contributed by atoms with van der Waals surface area (Å²) in [5.74, 6) is 0.679. The molecule has 2 N–H and O–H groups in total. The van der Waals surface area contributed by atoms with Crippen LogP contribution in [0.2, 0.25) is 0 Å². The molecule has 2 fully saturated rings. The van der Waals surface area contributed by atoms with Gasteiger partial charge in [-0.1, -0.05) is 33.6 Å². The number of nitrogens with two attached hydrogens (primary N) is 1. The first-order chi connectivity index (χ1) is 8.92. The van der Waals surface area contributed by atoms with Gasteiger partial charge in [0.2, 0.25) is 0 Å². The molecule has 0 radical (unpaired) electrons. The second kappa shape index (κ2) is 6.13. The molecule has 0 aromatic heterocycles. The molecule has 3 unspecified atom stereocenters. The van der Waals surface area contributed by atoms with Crippen molar-refractivity contribution in [1.29, 1.82) is 0 Å². The maximum Gasteiger partial charge on any atom is 0.0576 e. The number of hydrogen-bond donors (Lipinski definition) is 1. The summed E-state index contributed by atoms with van der Waals surface area (Å²) in [6.45, 7) is 8.07. The van der Waals surface area contributed by atoms with E-state index in [9.17, 15) is 0 Å². The Kier molecular flexibility index (Phi) is 4.94. The molecule has 1 aliphatic carbocycles. The fourth-order valence-corrected chi connectivity index (χ4v) is 4.39. The third-order valence-electron chi connectivity index (χ3n) is 5.32. The van der Waals surface area contributed by atoms with E-state index in [1.54, 1.807) is 0 Å². The zero-order chi connectivity index (χ0) is 13.9. The lowest BCUT2D eigenvalue weighted by Gasteiger charge is -2.48. The molecule has 2 heteroatoms. The van der Waals surface area contributed by atoms with Crippen LogP contribution in [-0.2, 0) is 4.74 Å². The Morgan fingerprint density at radius 2 is 1.95 bits per heavy atom. The molecule has 3 atom stereocenters. The molecule has 2 nitrogen and oxygen atoms in total. The Hall–Kier alpha value is -0.0800. The molecule has 2 rings (SSSR count). The minimum absolute atomic E-state index is 0.0785. The van der Waals surface area contributed by atoms with Crippen molar-refractivity contribution in [2.45, 2.75) is 90.2 Å². The summed E-state index contributed by atoms with van der Waals surface area (Å²) >= 11 is 0. The first kappa shape index (κ1) is 15.3. The van der Waals surface area contributed by atoms with Gasteiger partial charge >= 0.3 is 0 Å². The smallest absolute Gasteiger partial charge is 0.0576 e. The molecule has 1 saturated heterocycles. The highest BCUT2D eigenvalue weighted by molar-refractivity contribution is 4.99. The average Bonchev–Trinajstić information content (AvgIpc) is 2.81. The van der Waals surface area contributed by atoms with Crippen LogP contribution in [0.3, 0.4) is 0 Å². The van der Waals surface area contributed by atoms with Crippen LogP contribution >= 0.6 is 0 Å². The molecular weight excluding hydrogens is 234 g/mol. The minimum Gasteiger partial charge on any atom is -0.378 e. The molecule has 1 aliphatic heterocycles. The highest BCUT2D eigenvalue weighted by Crippen LogP contribution is 2.45. The summed E-state index contributed by atoms with van der Waals surface area (Å²) in [6.07, 6.45) is 11.9. The van der Waals surface area contributed by atoms with Crippen molar-refractivity contribution in [1.82, 2.24) is 0 Å². The van der Waals surface area contributed by atoms with Crippen LogP contribution in [0.4, 0.5) is 0 Å². The van der Waals surface area contributed by atoms with Crippen molar-refractivity contribution in [3.63, 3.8) is 0 Å². The first-order valence-electron chi connectivity index (χ1n) is 8.32. The second-order valence-electron chi connectivity index (χ2n) is 7.92. The molecule has 0 spiro atoms. The van der Waals surface area contributed by atoms with Crippen LogP contribution < -0.4 is 5.73 Å². The van der Waals surface area contributed by atoms with Crippen molar-refractivity contribution in [2.75, 3.05) is 6.61 Å². The molecule has 0 bridgehead atoms. The van der Waals surface area contributed by atoms with Gasteiger partial charge in [-0.25, -0.2) is 0 Å². The van der Waals surface area contributed by atoms with E-state index in [0.29, 0.717) is 17.4 Å². The van der Waals surface area contributed by atoms with Crippen molar-refractivity contribution >= 4 is 0 Å². The fourth-order valence-electron chi connectivity index (χ4n) is 4.39. The zero-order valence-corrected chi connectivity index (χ0v) is 13.2. The molecule has 112 valence electrons. The van der Waals surface area contributed by atoms with Crippen molar-refractivity contribution in [2.24, 2.45) is 17.1 Å². The second-order valence-corrected chi connectivity index (χ2v) is 7.92. The van der Waals surface area contributed by atoms with E-state index in [0.717, 1.165) is 6.61 Å². The summed E-state index contributed by atoms with van der Waals surface area (Å²) < 4.78 is 5.73. The maximum atomic E-state index is 6.83. The molecular formula is C17H33NO. The van der Waals surface area contributed by atoms with Gasteiger partial charge in [-0.05, 0) is 56.3 Å². The topological polar surface area (TPSA) is 35.2 Å². The van der Waals surface area contributed by atoms with E-state index in [1.807, 2.05) is 0 Å². The largest absolute Gasteiger partial charge is 0.378 e. The Bertz CT molecular complexity index is 277. The average molecular weight is 267 g/mol. The van der Waals surface area contributed by atoms with E-state index < -0.39 is 0 Å². The lowest BCUT2D eigenvalue weighted by molar-refractivity contribution is 0.0622. The van der Waals surface area contributed by atoms with Crippen LogP contribution in [0, 0.1) is 11.3 Å². The van der Waals surface area contributed by atoms with Crippen molar-refractivity contribution in [3.8, 4) is 0 Å². The molecule has 1 saturated carbocycles. The maximum absolute atomic E-state index is 6.83. The molecule has 2 aliphatic rings. The molecule has 19 heavy (non-hydrogen) atoms. The summed E-state index contributed by atoms with van der Waals surface area (Å²) in [4.78, 5) is 0. The summed E-state index contributed by atoms with van der Waals surface area (Å²) in [5.41, 5.74) is 7.26. The highest BCUT2D eigenvalue weighted by Gasteiger charge is 2.42. The first-order valence-corrected chi connectivity index (χ1v) is 8.32.